The molecule has 0 bridgehead atoms. The molecule has 0 aliphatic rings. The maximum absolute atomic E-state index is 12.5. The van der Waals surface area contributed by atoms with E-state index in [9.17, 15) is 8.42 Å². The van der Waals surface area contributed by atoms with Crippen LogP contribution in [0.2, 0.25) is 5.02 Å². The third-order valence-corrected chi connectivity index (χ3v) is 5.47. The predicted molar refractivity (Wildman–Crippen MR) is 96.8 cm³/mol. The number of sulfonamides is 1. The number of imidazole rings is 1. The number of halogens is 1. The summed E-state index contributed by atoms with van der Waals surface area (Å²) in [6, 6.07) is 8.45. The molecule has 1 aromatic carbocycles. The Morgan fingerprint density at radius 3 is 2.84 bits per heavy atom. The van der Waals surface area contributed by atoms with Crippen LogP contribution in [-0.4, -0.2) is 31.5 Å². The highest BCUT2D eigenvalue weighted by Crippen LogP contribution is 2.26. The van der Waals surface area contributed by atoms with Gasteiger partial charge in [0.25, 0.3) is 0 Å². The average Bonchev–Trinajstić information content (AvgIpc) is 2.96. The van der Waals surface area contributed by atoms with Gasteiger partial charge in [-0.15, -0.1) is 0 Å². The molecule has 0 unspecified atom stereocenters. The van der Waals surface area contributed by atoms with Crippen LogP contribution in [0, 0.1) is 6.92 Å². The van der Waals surface area contributed by atoms with Gasteiger partial charge in [0.05, 0.1) is 12.8 Å². The van der Waals surface area contributed by atoms with Gasteiger partial charge in [0.1, 0.15) is 16.3 Å². The number of aryl methyl sites for hydroxylation is 1. The first-order valence-electron chi connectivity index (χ1n) is 7.66. The van der Waals surface area contributed by atoms with Crippen LogP contribution in [0.4, 0.5) is 0 Å². The Bertz CT molecular complexity index is 1020. The zero-order valence-electron chi connectivity index (χ0n) is 13.9. The molecule has 2 heterocycles. The van der Waals surface area contributed by atoms with Crippen LogP contribution >= 0.6 is 11.6 Å². The topological polar surface area (TPSA) is 72.7 Å². The van der Waals surface area contributed by atoms with Crippen LogP contribution in [0.25, 0.3) is 5.65 Å². The highest BCUT2D eigenvalue weighted by molar-refractivity contribution is 7.89. The van der Waals surface area contributed by atoms with Crippen molar-refractivity contribution in [3.63, 3.8) is 0 Å². The number of aromatic nitrogens is 2. The van der Waals surface area contributed by atoms with Crippen molar-refractivity contribution in [2.45, 2.75) is 18.2 Å². The Balaban J connectivity index is 1.72. The van der Waals surface area contributed by atoms with E-state index in [0.717, 1.165) is 16.9 Å². The van der Waals surface area contributed by atoms with Gasteiger partial charge in [0, 0.05) is 30.4 Å². The molecule has 0 saturated carbocycles. The van der Waals surface area contributed by atoms with Gasteiger partial charge in [-0.3, -0.25) is 0 Å². The van der Waals surface area contributed by atoms with Crippen molar-refractivity contribution in [1.29, 1.82) is 0 Å². The van der Waals surface area contributed by atoms with Crippen LogP contribution in [0.5, 0.6) is 5.75 Å². The zero-order valence-corrected chi connectivity index (χ0v) is 15.4. The molecule has 25 heavy (non-hydrogen) atoms. The highest BCUT2D eigenvalue weighted by Gasteiger charge is 2.19. The number of fused-ring (bicyclic) bond motifs is 1. The standard InChI is InChI=1S/C17H18ClN3O3S/c1-12-6-8-21-11-14(20-17(21)9-12)5-7-19-25(22,23)16-10-13(18)3-4-15(16)24-2/h3-4,6,8-11,19H,5,7H2,1-2H3. The maximum Gasteiger partial charge on any atom is 0.244 e. The van der Waals surface area contributed by atoms with Gasteiger partial charge < -0.3 is 9.14 Å². The summed E-state index contributed by atoms with van der Waals surface area (Å²) in [4.78, 5) is 4.52. The number of nitrogens with one attached hydrogen (secondary N) is 1. The number of pyridine rings is 1. The molecular formula is C17H18ClN3O3S. The summed E-state index contributed by atoms with van der Waals surface area (Å²) in [5.41, 5.74) is 2.78. The maximum atomic E-state index is 12.5. The van der Waals surface area contributed by atoms with Crippen molar-refractivity contribution in [3.8, 4) is 5.75 Å². The second-order valence-corrected chi connectivity index (χ2v) is 7.82. The molecule has 0 amide bonds. The Kier molecular flexibility index (Phi) is 4.99. The Labute approximate surface area is 151 Å². The molecule has 0 aliphatic carbocycles. The van der Waals surface area contributed by atoms with Crippen LogP contribution < -0.4 is 9.46 Å². The number of rotatable bonds is 6. The second kappa shape index (κ2) is 7.03. The summed E-state index contributed by atoms with van der Waals surface area (Å²) in [5, 5.41) is 0.330. The van der Waals surface area contributed by atoms with E-state index >= 15 is 0 Å². The third kappa shape index (κ3) is 3.95. The molecule has 8 heteroatoms. The number of benzene rings is 1. The number of hydrogen-bond donors (Lipinski definition) is 1. The lowest BCUT2D eigenvalue weighted by Crippen LogP contribution is -2.26. The van der Waals surface area contributed by atoms with Crippen molar-refractivity contribution in [2.75, 3.05) is 13.7 Å². The van der Waals surface area contributed by atoms with Gasteiger partial charge in [-0.1, -0.05) is 11.6 Å². The van der Waals surface area contributed by atoms with Crippen LogP contribution in [0.1, 0.15) is 11.3 Å². The Hall–Kier alpha value is -2.09. The molecule has 0 spiro atoms. The quantitative estimate of drug-likeness (QED) is 0.714. The molecule has 6 nitrogen and oxygen atoms in total. The zero-order chi connectivity index (χ0) is 18.0. The first kappa shape index (κ1) is 17.7. The van der Waals surface area contributed by atoms with E-state index in [-0.39, 0.29) is 17.2 Å². The minimum absolute atomic E-state index is 0.0214. The summed E-state index contributed by atoms with van der Waals surface area (Å²) >= 11 is 5.91. The molecule has 3 rings (SSSR count). The monoisotopic (exact) mass is 379 g/mol. The summed E-state index contributed by atoms with van der Waals surface area (Å²) in [6.07, 6.45) is 4.30. The minimum atomic E-state index is -3.73. The highest BCUT2D eigenvalue weighted by atomic mass is 35.5. The SMILES string of the molecule is COc1ccc(Cl)cc1S(=O)(=O)NCCc1cn2ccc(C)cc2n1. The summed E-state index contributed by atoms with van der Waals surface area (Å²) in [6.45, 7) is 2.22. The molecule has 1 N–H and O–H groups in total. The van der Waals surface area contributed by atoms with E-state index in [0.29, 0.717) is 11.4 Å². The van der Waals surface area contributed by atoms with E-state index in [1.54, 1.807) is 6.07 Å². The fourth-order valence-electron chi connectivity index (χ4n) is 2.51. The summed E-state index contributed by atoms with van der Waals surface area (Å²) in [5.74, 6) is 0.250. The fourth-order valence-corrected chi connectivity index (χ4v) is 3.97. The van der Waals surface area contributed by atoms with Gasteiger partial charge in [-0.25, -0.2) is 18.1 Å². The van der Waals surface area contributed by atoms with Crippen LogP contribution in [-0.2, 0) is 16.4 Å². The van der Waals surface area contributed by atoms with E-state index in [1.165, 1.54) is 19.2 Å². The number of ether oxygens (including phenoxy) is 1. The van der Waals surface area contributed by atoms with E-state index < -0.39 is 10.0 Å². The summed E-state index contributed by atoms with van der Waals surface area (Å²) < 4.78 is 34.6. The lowest BCUT2D eigenvalue weighted by molar-refractivity contribution is 0.402. The van der Waals surface area contributed by atoms with Gasteiger partial charge in [-0.2, -0.15) is 0 Å². The number of nitrogens with zero attached hydrogens (tertiary/aromatic N) is 2. The van der Waals surface area contributed by atoms with E-state index in [1.807, 2.05) is 35.9 Å². The van der Waals surface area contributed by atoms with Crippen LogP contribution in [0.15, 0.2) is 47.6 Å². The third-order valence-electron chi connectivity index (χ3n) is 3.75. The molecule has 2 aromatic heterocycles. The average molecular weight is 380 g/mol. The molecule has 132 valence electrons. The first-order valence-corrected chi connectivity index (χ1v) is 9.52. The molecule has 3 aromatic rings. The number of methoxy groups -OCH3 is 1. The predicted octanol–water partition coefficient (Wildman–Crippen LogP) is 2.83. The molecule has 0 saturated heterocycles. The molecule has 0 atom stereocenters. The molecule has 0 radical (unpaired) electrons. The minimum Gasteiger partial charge on any atom is -0.495 e. The van der Waals surface area contributed by atoms with E-state index in [4.69, 9.17) is 16.3 Å². The fraction of sp³-hybridized carbons (Fsp3) is 0.235. The second-order valence-electron chi connectivity index (χ2n) is 5.64. The van der Waals surface area contributed by atoms with Crippen molar-refractivity contribution in [2.24, 2.45) is 0 Å². The lowest BCUT2D eigenvalue weighted by Gasteiger charge is -2.10. The largest absolute Gasteiger partial charge is 0.495 e. The van der Waals surface area contributed by atoms with Gasteiger partial charge in [0.15, 0.2) is 0 Å². The van der Waals surface area contributed by atoms with Gasteiger partial charge in [0.2, 0.25) is 10.0 Å². The smallest absolute Gasteiger partial charge is 0.244 e. The normalized spacial score (nSPS) is 11.8. The lowest BCUT2D eigenvalue weighted by atomic mass is 10.3. The van der Waals surface area contributed by atoms with Crippen molar-refractivity contribution < 1.29 is 13.2 Å². The molecule has 0 fully saturated rings. The van der Waals surface area contributed by atoms with Crippen molar-refractivity contribution in [1.82, 2.24) is 14.1 Å². The van der Waals surface area contributed by atoms with Crippen molar-refractivity contribution >= 4 is 27.3 Å². The summed E-state index contributed by atoms with van der Waals surface area (Å²) in [7, 11) is -2.31. The first-order chi connectivity index (χ1) is 11.9. The van der Waals surface area contributed by atoms with Gasteiger partial charge in [-0.05, 0) is 42.8 Å². The van der Waals surface area contributed by atoms with Crippen LogP contribution in [0.3, 0.4) is 0 Å². The Morgan fingerprint density at radius 2 is 2.08 bits per heavy atom. The van der Waals surface area contributed by atoms with Crippen molar-refractivity contribution in [3.05, 3.63) is 59.0 Å². The molecular weight excluding hydrogens is 362 g/mol. The number of hydrogen-bond acceptors (Lipinski definition) is 4. The van der Waals surface area contributed by atoms with E-state index in [2.05, 4.69) is 9.71 Å². The Morgan fingerprint density at radius 1 is 1.28 bits per heavy atom. The van der Waals surface area contributed by atoms with Gasteiger partial charge >= 0.3 is 0 Å². The molecule has 0 aliphatic heterocycles.